The molecule has 1 saturated carbocycles. The number of aromatic nitrogens is 1. The minimum atomic E-state index is -0.594. The highest BCUT2D eigenvalue weighted by Gasteiger charge is 2.24. The second kappa shape index (κ2) is 11.0. The summed E-state index contributed by atoms with van der Waals surface area (Å²) >= 11 is 11.6. The number of nitrogens with zero attached hydrogens (tertiary/aromatic N) is 1. The van der Waals surface area contributed by atoms with Crippen molar-refractivity contribution in [2.75, 3.05) is 11.9 Å². The number of nitrogens with one attached hydrogen (secondary N) is 2. The van der Waals surface area contributed by atoms with E-state index in [9.17, 15) is 14.0 Å². The number of amides is 2. The monoisotopic (exact) mass is 503 g/mol. The maximum atomic E-state index is 13.5. The first kappa shape index (κ1) is 24.2. The molecule has 0 atom stereocenters. The zero-order valence-electron chi connectivity index (χ0n) is 18.3. The number of ether oxygens (including phenoxy) is 1. The first-order valence-electron chi connectivity index (χ1n) is 11.1. The van der Waals surface area contributed by atoms with Crippen LogP contribution in [0.3, 0.4) is 0 Å². The Balaban J connectivity index is 1.18. The molecule has 4 rings (SSSR count). The number of rotatable bonds is 7. The Labute approximate surface area is 206 Å². The third-order valence-corrected chi connectivity index (χ3v) is 6.41. The second-order valence-electron chi connectivity index (χ2n) is 8.44. The Hall–Kier alpha value is -2.90. The van der Waals surface area contributed by atoms with E-state index < -0.39 is 5.82 Å². The van der Waals surface area contributed by atoms with E-state index in [-0.39, 0.29) is 41.2 Å². The molecule has 9 heteroatoms. The van der Waals surface area contributed by atoms with E-state index in [0.29, 0.717) is 17.3 Å². The van der Waals surface area contributed by atoms with Crippen LogP contribution in [-0.2, 0) is 9.59 Å². The Morgan fingerprint density at radius 3 is 2.56 bits per heavy atom. The highest BCUT2D eigenvalue weighted by molar-refractivity contribution is 6.31. The van der Waals surface area contributed by atoms with Crippen molar-refractivity contribution in [1.82, 2.24) is 10.3 Å². The van der Waals surface area contributed by atoms with Gasteiger partial charge in [-0.1, -0.05) is 23.2 Å². The van der Waals surface area contributed by atoms with Gasteiger partial charge in [0.05, 0.1) is 10.5 Å². The van der Waals surface area contributed by atoms with Gasteiger partial charge >= 0.3 is 0 Å². The molecule has 2 amide bonds. The van der Waals surface area contributed by atoms with Gasteiger partial charge in [0.1, 0.15) is 17.4 Å². The number of halogens is 3. The zero-order chi connectivity index (χ0) is 24.1. The summed E-state index contributed by atoms with van der Waals surface area (Å²) in [7, 11) is 0. The molecule has 0 radical (unpaired) electrons. The molecule has 1 heterocycles. The summed E-state index contributed by atoms with van der Waals surface area (Å²) < 4.78 is 18.8. The third kappa shape index (κ3) is 6.58. The van der Waals surface area contributed by atoms with Gasteiger partial charge in [-0.25, -0.2) is 9.37 Å². The Morgan fingerprint density at radius 2 is 1.79 bits per heavy atom. The number of benzene rings is 2. The molecule has 1 aromatic heterocycles. The number of carbonyl (C=O) groups is 2. The number of carbonyl (C=O) groups excluding carboxylic acids is 2. The fourth-order valence-corrected chi connectivity index (χ4v) is 4.42. The predicted molar refractivity (Wildman–Crippen MR) is 131 cm³/mol. The quantitative estimate of drug-likeness (QED) is 0.429. The molecule has 3 aromatic rings. The molecule has 6 nitrogen and oxygen atoms in total. The molecule has 34 heavy (non-hydrogen) atoms. The van der Waals surface area contributed by atoms with Gasteiger partial charge in [0.25, 0.3) is 5.91 Å². The average molecular weight is 504 g/mol. The van der Waals surface area contributed by atoms with Crippen molar-refractivity contribution in [2.45, 2.75) is 38.1 Å². The maximum absolute atomic E-state index is 13.5. The van der Waals surface area contributed by atoms with Crippen molar-refractivity contribution in [3.8, 4) is 5.75 Å². The largest absolute Gasteiger partial charge is 0.484 e. The third-order valence-electron chi connectivity index (χ3n) is 5.87. The van der Waals surface area contributed by atoms with Crippen molar-refractivity contribution in [1.29, 1.82) is 0 Å². The van der Waals surface area contributed by atoms with E-state index in [4.69, 9.17) is 27.9 Å². The average Bonchev–Trinajstić information content (AvgIpc) is 2.81. The van der Waals surface area contributed by atoms with Crippen LogP contribution in [0.2, 0.25) is 10.0 Å². The van der Waals surface area contributed by atoms with E-state index in [0.717, 1.165) is 42.7 Å². The lowest BCUT2D eigenvalue weighted by Gasteiger charge is -2.28. The van der Waals surface area contributed by atoms with Gasteiger partial charge in [-0.2, -0.15) is 0 Å². The Kier molecular flexibility index (Phi) is 7.85. The van der Waals surface area contributed by atoms with Gasteiger partial charge in [-0.05, 0) is 74.1 Å². The molecule has 178 valence electrons. The molecule has 1 aliphatic rings. The molecule has 0 unspecified atom stereocenters. The lowest BCUT2D eigenvalue weighted by atomic mass is 9.84. The van der Waals surface area contributed by atoms with E-state index in [2.05, 4.69) is 15.6 Å². The van der Waals surface area contributed by atoms with Gasteiger partial charge in [0, 0.05) is 28.9 Å². The first-order valence-corrected chi connectivity index (χ1v) is 11.8. The molecule has 2 aromatic carbocycles. The first-order chi connectivity index (χ1) is 16.4. The minimum absolute atomic E-state index is 0.00105. The van der Waals surface area contributed by atoms with Crippen LogP contribution in [0.15, 0.2) is 48.5 Å². The molecule has 0 saturated heterocycles. The van der Waals surface area contributed by atoms with Crippen molar-refractivity contribution < 1.29 is 18.7 Å². The van der Waals surface area contributed by atoms with Crippen LogP contribution < -0.4 is 15.4 Å². The highest BCUT2D eigenvalue weighted by atomic mass is 35.5. The fourth-order valence-electron chi connectivity index (χ4n) is 4.12. The smallest absolute Gasteiger partial charge is 0.258 e. The lowest BCUT2D eigenvalue weighted by molar-refractivity contribution is -0.124. The summed E-state index contributed by atoms with van der Waals surface area (Å²) in [6, 6.07) is 13.1. The van der Waals surface area contributed by atoms with Gasteiger partial charge in [0.15, 0.2) is 6.61 Å². The van der Waals surface area contributed by atoms with Crippen molar-refractivity contribution in [3.63, 3.8) is 0 Å². The van der Waals surface area contributed by atoms with E-state index >= 15 is 0 Å². The molecule has 0 spiro atoms. The second-order valence-corrected chi connectivity index (χ2v) is 9.28. The van der Waals surface area contributed by atoms with Crippen molar-refractivity contribution in [3.05, 3.63) is 64.4 Å². The van der Waals surface area contributed by atoms with Crippen LogP contribution in [0.1, 0.15) is 32.1 Å². The highest BCUT2D eigenvalue weighted by Crippen LogP contribution is 2.28. The molecule has 1 fully saturated rings. The van der Waals surface area contributed by atoms with Crippen LogP contribution in [-0.4, -0.2) is 29.4 Å². The van der Waals surface area contributed by atoms with Crippen LogP contribution in [0.5, 0.6) is 5.75 Å². The number of fused-ring (bicyclic) bond motifs is 1. The minimum Gasteiger partial charge on any atom is -0.484 e. The zero-order valence-corrected chi connectivity index (χ0v) is 19.8. The predicted octanol–water partition coefficient (Wildman–Crippen LogP) is 5.76. The molecule has 1 aliphatic carbocycles. The van der Waals surface area contributed by atoms with Crippen molar-refractivity contribution >= 4 is 51.7 Å². The van der Waals surface area contributed by atoms with Crippen LogP contribution in [0, 0.1) is 11.7 Å². The van der Waals surface area contributed by atoms with E-state index in [1.54, 1.807) is 12.1 Å². The summed E-state index contributed by atoms with van der Waals surface area (Å²) in [6.07, 6.45) is 3.66. The molecule has 0 aliphatic heterocycles. The van der Waals surface area contributed by atoms with Crippen molar-refractivity contribution in [2.24, 2.45) is 5.92 Å². The Morgan fingerprint density at radius 1 is 1.00 bits per heavy atom. The lowest BCUT2D eigenvalue weighted by Crippen LogP contribution is -2.40. The standard InChI is InChI=1S/C25H24Cl2FN3O3/c26-17-4-9-22-16(12-17)3-10-23(30-22)31-24(32)11-15-1-5-18(6-2-15)29-25(33)14-34-19-7-8-20(27)21(28)13-19/h3-4,7-10,12-13,15,18H,1-2,5-6,11,14H2,(H,29,33)(H,30,31,32). The normalized spacial score (nSPS) is 17.9. The molecule has 2 N–H and O–H groups in total. The summed E-state index contributed by atoms with van der Waals surface area (Å²) in [4.78, 5) is 29.1. The van der Waals surface area contributed by atoms with Gasteiger partial charge in [0.2, 0.25) is 5.91 Å². The summed E-state index contributed by atoms with van der Waals surface area (Å²) in [5.41, 5.74) is 0.767. The summed E-state index contributed by atoms with van der Waals surface area (Å²) in [6.45, 7) is -0.200. The summed E-state index contributed by atoms with van der Waals surface area (Å²) in [5, 5.41) is 7.38. The van der Waals surface area contributed by atoms with E-state index in [1.807, 2.05) is 18.2 Å². The fraction of sp³-hybridized carbons (Fsp3) is 0.320. The molecule has 0 bridgehead atoms. The van der Waals surface area contributed by atoms with Crippen LogP contribution in [0.25, 0.3) is 10.9 Å². The molecular formula is C25H24Cl2FN3O3. The molecular weight excluding hydrogens is 480 g/mol. The SMILES string of the molecule is O=C(CC1CCC(NC(=O)COc2ccc(Cl)c(F)c2)CC1)Nc1ccc2cc(Cl)ccc2n1. The maximum Gasteiger partial charge on any atom is 0.258 e. The Bertz CT molecular complexity index is 1200. The number of hydrogen-bond acceptors (Lipinski definition) is 4. The number of anilines is 1. The van der Waals surface area contributed by atoms with Crippen LogP contribution >= 0.6 is 23.2 Å². The van der Waals surface area contributed by atoms with Gasteiger partial charge in [-0.15, -0.1) is 0 Å². The van der Waals surface area contributed by atoms with Crippen LogP contribution in [0.4, 0.5) is 10.2 Å². The van der Waals surface area contributed by atoms with E-state index in [1.165, 1.54) is 12.1 Å². The van der Waals surface area contributed by atoms with Gasteiger partial charge < -0.3 is 15.4 Å². The van der Waals surface area contributed by atoms with Gasteiger partial charge in [-0.3, -0.25) is 9.59 Å². The topological polar surface area (TPSA) is 80.3 Å². The number of pyridine rings is 1. The summed E-state index contributed by atoms with van der Waals surface area (Å²) in [5.74, 6) is 0.0823. The number of hydrogen-bond donors (Lipinski definition) is 2.